The molecule has 0 saturated heterocycles. The Hall–Kier alpha value is -3.12. The average molecular weight is 377 g/mol. The standard InChI is InChI=1S/C21H19N3O2S/c1-23-17-9-4-5-10-18(17)24(21(23)26)13-12-20(25)22-16-8-3-2-7-15(16)19-11-6-14-27-19/h2-11,14H,12-13H2,1H3,(H,22,25). The van der Waals surface area contributed by atoms with Gasteiger partial charge in [0.05, 0.1) is 11.0 Å². The van der Waals surface area contributed by atoms with E-state index in [-0.39, 0.29) is 18.0 Å². The maximum absolute atomic E-state index is 12.5. The summed E-state index contributed by atoms with van der Waals surface area (Å²) in [6.07, 6.45) is 0.229. The van der Waals surface area contributed by atoms with Gasteiger partial charge in [0.15, 0.2) is 0 Å². The molecule has 1 N–H and O–H groups in total. The molecule has 0 spiro atoms. The zero-order valence-corrected chi connectivity index (χ0v) is 15.7. The smallest absolute Gasteiger partial charge is 0.325 e. The molecule has 0 aliphatic rings. The molecule has 4 rings (SSSR count). The summed E-state index contributed by atoms with van der Waals surface area (Å²) in [5.41, 5.74) is 3.39. The minimum Gasteiger partial charge on any atom is -0.325 e. The molecule has 0 aliphatic heterocycles. The predicted molar refractivity (Wildman–Crippen MR) is 110 cm³/mol. The van der Waals surface area contributed by atoms with E-state index in [1.54, 1.807) is 27.5 Å². The molecule has 136 valence electrons. The summed E-state index contributed by atoms with van der Waals surface area (Å²) in [6.45, 7) is 0.340. The zero-order chi connectivity index (χ0) is 18.8. The van der Waals surface area contributed by atoms with Gasteiger partial charge in [-0.1, -0.05) is 36.4 Å². The van der Waals surface area contributed by atoms with Crippen LogP contribution in [0.15, 0.2) is 70.8 Å². The fraction of sp³-hybridized carbons (Fsp3) is 0.143. The molecular weight excluding hydrogens is 358 g/mol. The number of anilines is 1. The summed E-state index contributed by atoms with van der Waals surface area (Å²) < 4.78 is 3.26. The number of hydrogen-bond acceptors (Lipinski definition) is 3. The fourth-order valence-corrected chi connectivity index (χ4v) is 4.01. The lowest BCUT2D eigenvalue weighted by atomic mass is 10.1. The Morgan fingerprint density at radius 1 is 1.00 bits per heavy atom. The number of para-hydroxylation sites is 3. The highest BCUT2D eigenvalue weighted by Crippen LogP contribution is 2.31. The molecule has 2 aromatic heterocycles. The first-order chi connectivity index (χ1) is 13.1. The highest BCUT2D eigenvalue weighted by Gasteiger charge is 2.13. The highest BCUT2D eigenvalue weighted by atomic mass is 32.1. The second kappa shape index (κ2) is 7.25. The Kier molecular flexibility index (Phi) is 4.64. The van der Waals surface area contributed by atoms with Crippen molar-refractivity contribution < 1.29 is 4.79 Å². The second-order valence-corrected chi connectivity index (χ2v) is 7.25. The third-order valence-corrected chi connectivity index (χ3v) is 5.51. The number of benzene rings is 2. The number of imidazole rings is 1. The summed E-state index contributed by atoms with van der Waals surface area (Å²) in [4.78, 5) is 26.1. The third-order valence-electron chi connectivity index (χ3n) is 4.60. The van der Waals surface area contributed by atoms with Crippen LogP contribution in [0.1, 0.15) is 6.42 Å². The van der Waals surface area contributed by atoms with Gasteiger partial charge in [-0.3, -0.25) is 13.9 Å². The Morgan fingerprint density at radius 3 is 2.52 bits per heavy atom. The number of amides is 1. The number of nitrogens with zero attached hydrogens (tertiary/aromatic N) is 2. The molecule has 0 bridgehead atoms. The molecule has 0 fully saturated rings. The molecule has 0 saturated carbocycles. The molecule has 6 heteroatoms. The van der Waals surface area contributed by atoms with Crippen molar-refractivity contribution in [1.29, 1.82) is 0 Å². The lowest BCUT2D eigenvalue weighted by Crippen LogP contribution is -2.24. The Balaban J connectivity index is 1.52. The van der Waals surface area contributed by atoms with Crippen LogP contribution in [0.4, 0.5) is 5.69 Å². The van der Waals surface area contributed by atoms with Gasteiger partial charge in [-0.15, -0.1) is 11.3 Å². The van der Waals surface area contributed by atoms with Crippen LogP contribution in [-0.4, -0.2) is 15.0 Å². The first kappa shape index (κ1) is 17.3. The molecule has 27 heavy (non-hydrogen) atoms. The van der Waals surface area contributed by atoms with Crippen LogP contribution in [0.5, 0.6) is 0 Å². The Bertz CT molecular complexity index is 1160. The van der Waals surface area contributed by atoms with Crippen molar-refractivity contribution in [1.82, 2.24) is 9.13 Å². The predicted octanol–water partition coefficient (Wildman–Crippen LogP) is 4.10. The van der Waals surface area contributed by atoms with Gasteiger partial charge in [-0.05, 0) is 29.6 Å². The molecule has 5 nitrogen and oxygen atoms in total. The van der Waals surface area contributed by atoms with Crippen LogP contribution in [-0.2, 0) is 18.4 Å². The molecule has 0 radical (unpaired) electrons. The summed E-state index contributed by atoms with van der Waals surface area (Å²) in [5.74, 6) is -0.112. The Labute approximate surface area is 160 Å². The van der Waals surface area contributed by atoms with Crippen molar-refractivity contribution in [3.05, 3.63) is 76.5 Å². The van der Waals surface area contributed by atoms with Gasteiger partial charge in [0.25, 0.3) is 0 Å². The SMILES string of the molecule is Cn1c(=O)n(CCC(=O)Nc2ccccc2-c2cccs2)c2ccccc21. The molecule has 0 unspecified atom stereocenters. The molecule has 2 heterocycles. The summed E-state index contributed by atoms with van der Waals surface area (Å²) >= 11 is 1.63. The fourth-order valence-electron chi connectivity index (χ4n) is 3.24. The van der Waals surface area contributed by atoms with E-state index in [1.165, 1.54) is 0 Å². The molecule has 0 aliphatic carbocycles. The number of carbonyl (C=O) groups excluding carboxylic acids is 1. The minimum atomic E-state index is -0.112. The monoisotopic (exact) mass is 377 g/mol. The van der Waals surface area contributed by atoms with Crippen LogP contribution in [0.3, 0.4) is 0 Å². The number of aryl methyl sites for hydroxylation is 2. The molecular formula is C21H19N3O2S. The minimum absolute atomic E-state index is 0.108. The second-order valence-electron chi connectivity index (χ2n) is 6.30. The van der Waals surface area contributed by atoms with Crippen molar-refractivity contribution >= 4 is 34.0 Å². The van der Waals surface area contributed by atoms with Crippen LogP contribution >= 0.6 is 11.3 Å². The Morgan fingerprint density at radius 2 is 1.74 bits per heavy atom. The van der Waals surface area contributed by atoms with Crippen molar-refractivity contribution in [3.8, 4) is 10.4 Å². The van der Waals surface area contributed by atoms with E-state index >= 15 is 0 Å². The first-order valence-electron chi connectivity index (χ1n) is 8.72. The summed E-state index contributed by atoms with van der Waals surface area (Å²) in [6, 6.07) is 19.4. The quantitative estimate of drug-likeness (QED) is 0.569. The molecule has 1 amide bonds. The van der Waals surface area contributed by atoms with Gasteiger partial charge in [0.2, 0.25) is 5.91 Å². The number of rotatable bonds is 5. The number of aromatic nitrogens is 2. The summed E-state index contributed by atoms with van der Waals surface area (Å²) in [5, 5.41) is 5.00. The van der Waals surface area contributed by atoms with Crippen molar-refractivity contribution in [2.45, 2.75) is 13.0 Å². The van der Waals surface area contributed by atoms with Crippen LogP contribution in [0, 0.1) is 0 Å². The van der Waals surface area contributed by atoms with E-state index < -0.39 is 0 Å². The molecule has 2 aromatic carbocycles. The van der Waals surface area contributed by atoms with Gasteiger partial charge in [0.1, 0.15) is 0 Å². The zero-order valence-electron chi connectivity index (χ0n) is 14.9. The number of carbonyl (C=O) groups is 1. The van der Waals surface area contributed by atoms with Crippen LogP contribution < -0.4 is 11.0 Å². The van der Waals surface area contributed by atoms with Crippen molar-refractivity contribution in [2.75, 3.05) is 5.32 Å². The van der Waals surface area contributed by atoms with Crippen molar-refractivity contribution in [3.63, 3.8) is 0 Å². The van der Waals surface area contributed by atoms with E-state index in [0.717, 1.165) is 27.2 Å². The maximum atomic E-state index is 12.5. The van der Waals surface area contributed by atoms with E-state index in [2.05, 4.69) is 5.32 Å². The van der Waals surface area contributed by atoms with E-state index in [9.17, 15) is 9.59 Å². The number of nitrogens with one attached hydrogen (secondary N) is 1. The van der Waals surface area contributed by atoms with Crippen LogP contribution in [0.25, 0.3) is 21.5 Å². The van der Waals surface area contributed by atoms with Gasteiger partial charge in [-0.25, -0.2) is 4.79 Å². The normalized spacial score (nSPS) is 11.0. The van der Waals surface area contributed by atoms with Gasteiger partial charge in [0, 0.05) is 36.1 Å². The average Bonchev–Trinajstić information content (AvgIpc) is 3.30. The van der Waals surface area contributed by atoms with Gasteiger partial charge < -0.3 is 5.32 Å². The molecule has 4 aromatic rings. The van der Waals surface area contributed by atoms with Crippen molar-refractivity contribution in [2.24, 2.45) is 7.05 Å². The maximum Gasteiger partial charge on any atom is 0.328 e. The van der Waals surface area contributed by atoms with Gasteiger partial charge >= 0.3 is 5.69 Å². The lowest BCUT2D eigenvalue weighted by Gasteiger charge is -2.10. The summed E-state index contributed by atoms with van der Waals surface area (Å²) in [7, 11) is 1.75. The molecule has 0 atom stereocenters. The van der Waals surface area contributed by atoms with E-state index in [1.807, 2.05) is 66.0 Å². The largest absolute Gasteiger partial charge is 0.328 e. The topological polar surface area (TPSA) is 56.0 Å². The first-order valence-corrected chi connectivity index (χ1v) is 9.60. The number of fused-ring (bicyclic) bond motifs is 1. The third kappa shape index (κ3) is 3.31. The number of thiophene rings is 1. The van der Waals surface area contributed by atoms with E-state index in [4.69, 9.17) is 0 Å². The van der Waals surface area contributed by atoms with Crippen LogP contribution in [0.2, 0.25) is 0 Å². The van der Waals surface area contributed by atoms with Gasteiger partial charge in [-0.2, -0.15) is 0 Å². The lowest BCUT2D eigenvalue weighted by molar-refractivity contribution is -0.116. The van der Waals surface area contributed by atoms with E-state index in [0.29, 0.717) is 6.54 Å². The number of hydrogen-bond donors (Lipinski definition) is 1. The highest BCUT2D eigenvalue weighted by molar-refractivity contribution is 7.13.